The first-order valence-corrected chi connectivity index (χ1v) is 7.14. The zero-order valence-electron chi connectivity index (χ0n) is 10.8. The molecule has 0 aliphatic carbocycles. The molecule has 0 atom stereocenters. The second-order valence-electron chi connectivity index (χ2n) is 4.04. The molecule has 0 unspecified atom stereocenters. The minimum atomic E-state index is -4.28. The van der Waals surface area contributed by atoms with Crippen molar-refractivity contribution in [2.75, 3.05) is 0 Å². The molecule has 0 N–H and O–H groups in total. The molecule has 0 aromatic heterocycles. The Morgan fingerprint density at radius 3 is 1.96 bits per heavy atom. The summed E-state index contributed by atoms with van der Waals surface area (Å²) in [4.78, 5) is 19.4. The summed E-state index contributed by atoms with van der Waals surface area (Å²) < 4.78 is 28.8. The molecule has 23 heavy (non-hydrogen) atoms. The van der Waals surface area contributed by atoms with E-state index in [0.29, 0.717) is 0 Å². The van der Waals surface area contributed by atoms with Crippen molar-refractivity contribution in [1.29, 1.82) is 0 Å². The molecule has 0 bridgehead atoms. The Balaban J connectivity index is 0.00000264. The Morgan fingerprint density at radius 1 is 0.870 bits per heavy atom. The Labute approximate surface area is 152 Å². The molecule has 0 saturated carbocycles. The van der Waals surface area contributed by atoms with Crippen LogP contribution in [0.4, 0.5) is 11.4 Å². The number of hydrogen-bond acceptors (Lipinski definition) is 7. The van der Waals surface area contributed by atoms with Crippen LogP contribution in [0.15, 0.2) is 53.4 Å². The van der Waals surface area contributed by atoms with E-state index in [0.717, 1.165) is 42.5 Å². The van der Waals surface area contributed by atoms with E-state index in [2.05, 4.69) is 0 Å². The first-order valence-electron chi connectivity index (χ1n) is 5.73. The fourth-order valence-corrected chi connectivity index (χ4v) is 2.52. The molecule has 0 aliphatic heterocycles. The van der Waals surface area contributed by atoms with Crippen LogP contribution in [0.3, 0.4) is 0 Å². The van der Waals surface area contributed by atoms with Gasteiger partial charge in [0.1, 0.15) is 10.6 Å². The molecule has 2 aromatic rings. The molecule has 0 heterocycles. The van der Waals surface area contributed by atoms with Gasteiger partial charge in [-0.15, -0.1) is 0 Å². The van der Waals surface area contributed by atoms with Crippen LogP contribution in [0.25, 0.3) is 0 Å². The third-order valence-corrected chi connectivity index (χ3v) is 3.81. The van der Waals surface area contributed by atoms with Gasteiger partial charge in [0.25, 0.3) is 11.4 Å². The van der Waals surface area contributed by atoms with Gasteiger partial charge in [0.05, 0.1) is 9.85 Å². The van der Waals surface area contributed by atoms with E-state index in [-0.39, 0.29) is 45.9 Å². The normalized spacial score (nSPS) is 10.4. The number of benzene rings is 2. The zero-order valence-corrected chi connectivity index (χ0v) is 11.6. The maximum absolute atomic E-state index is 12.0. The van der Waals surface area contributed by atoms with E-state index in [1.165, 1.54) is 6.07 Å². The van der Waals surface area contributed by atoms with Crippen molar-refractivity contribution in [2.45, 2.75) is 4.90 Å². The number of hydrogen-bond donors (Lipinski definition) is 0. The summed E-state index contributed by atoms with van der Waals surface area (Å²) in [6, 6.07) is 8.76. The predicted molar refractivity (Wildman–Crippen MR) is 81.2 cm³/mol. The molecule has 0 radical (unpaired) electrons. The molecule has 0 aliphatic rings. The van der Waals surface area contributed by atoms with Crippen molar-refractivity contribution in [3.8, 4) is 5.75 Å². The van der Waals surface area contributed by atoms with Crippen molar-refractivity contribution >= 4 is 51.1 Å². The Morgan fingerprint density at radius 2 is 1.43 bits per heavy atom. The zero-order chi connectivity index (χ0) is 16.3. The van der Waals surface area contributed by atoms with Crippen LogP contribution in [0, 0.1) is 20.2 Å². The van der Waals surface area contributed by atoms with Crippen LogP contribution in [-0.4, -0.2) is 47.8 Å². The van der Waals surface area contributed by atoms with Crippen molar-refractivity contribution in [1.82, 2.24) is 0 Å². The van der Waals surface area contributed by atoms with Gasteiger partial charge in [0.2, 0.25) is 0 Å². The average Bonchev–Trinajstić information content (AvgIpc) is 2.47. The minimum absolute atomic E-state index is 0. The molecule has 2 rings (SSSR count). The van der Waals surface area contributed by atoms with E-state index in [1.807, 2.05) is 0 Å². The molecule has 0 fully saturated rings. The number of rotatable bonds is 5. The van der Waals surface area contributed by atoms with Crippen LogP contribution < -0.4 is 4.18 Å². The third-order valence-electron chi connectivity index (χ3n) is 2.57. The van der Waals surface area contributed by atoms with Crippen molar-refractivity contribution in [3.63, 3.8) is 0 Å². The number of nitro groups is 2. The molecular weight excluding hydrogens is 339 g/mol. The van der Waals surface area contributed by atoms with Gasteiger partial charge >= 0.3 is 39.7 Å². The van der Waals surface area contributed by atoms with E-state index >= 15 is 0 Å². The van der Waals surface area contributed by atoms with Crippen LogP contribution in [0.1, 0.15) is 0 Å². The molecule has 2 aromatic carbocycles. The topological polar surface area (TPSA) is 130 Å². The quantitative estimate of drug-likeness (QED) is 0.347. The summed E-state index contributed by atoms with van der Waals surface area (Å²) in [5, 5.41) is 21.1. The predicted octanol–water partition coefficient (Wildman–Crippen LogP) is 1.62. The number of non-ortho nitro benzene ring substituents is 2. The number of nitro benzene ring substituents is 2. The van der Waals surface area contributed by atoms with Gasteiger partial charge in [-0.2, -0.15) is 8.42 Å². The van der Waals surface area contributed by atoms with Crippen LogP contribution >= 0.6 is 0 Å². The Hall–Kier alpha value is -2.01. The molecule has 0 amide bonds. The van der Waals surface area contributed by atoms with Crippen LogP contribution in [0.2, 0.25) is 0 Å². The molecule has 0 spiro atoms. The van der Waals surface area contributed by atoms with E-state index < -0.39 is 25.7 Å². The van der Waals surface area contributed by atoms with Gasteiger partial charge in [0, 0.05) is 24.3 Å². The maximum atomic E-state index is 12.0. The van der Waals surface area contributed by atoms with Crippen molar-refractivity contribution in [3.05, 3.63) is 68.8 Å². The molecule has 116 valence electrons. The monoisotopic (exact) mass is 348 g/mol. The number of nitrogens with zero attached hydrogens (tertiary/aromatic N) is 2. The van der Waals surface area contributed by atoms with Crippen LogP contribution in [-0.2, 0) is 10.1 Å². The second-order valence-corrected chi connectivity index (χ2v) is 5.59. The summed E-state index contributed by atoms with van der Waals surface area (Å²) in [7, 11) is -4.28. The van der Waals surface area contributed by atoms with Gasteiger partial charge in [0.15, 0.2) is 0 Å². The third kappa shape index (κ3) is 4.73. The van der Waals surface area contributed by atoms with Gasteiger partial charge in [-0.25, -0.2) is 0 Å². The van der Waals surface area contributed by atoms with E-state index in [1.54, 1.807) is 0 Å². The first kappa shape index (κ1) is 19.0. The summed E-state index contributed by atoms with van der Waals surface area (Å²) in [5.74, 6) is -0.142. The SMILES string of the molecule is O=[N+]([O-])c1ccc(OS(=O)(=O)c2cccc([N+](=O)[O-])c2)cc1.[NaH]. The van der Waals surface area contributed by atoms with Crippen LogP contribution in [0.5, 0.6) is 5.75 Å². The van der Waals surface area contributed by atoms with Gasteiger partial charge in [-0.05, 0) is 18.2 Å². The summed E-state index contributed by atoms with van der Waals surface area (Å²) in [6.07, 6.45) is 0. The van der Waals surface area contributed by atoms with Gasteiger partial charge < -0.3 is 4.18 Å². The molecule has 9 nitrogen and oxygen atoms in total. The fraction of sp³-hybridized carbons (Fsp3) is 0. The van der Waals surface area contributed by atoms with E-state index in [4.69, 9.17) is 4.18 Å². The van der Waals surface area contributed by atoms with E-state index in [9.17, 15) is 28.6 Å². The summed E-state index contributed by atoms with van der Waals surface area (Å²) in [5.41, 5.74) is -0.617. The fourth-order valence-electron chi connectivity index (χ4n) is 1.55. The van der Waals surface area contributed by atoms with Crippen molar-refractivity contribution < 1.29 is 22.4 Å². The second kappa shape index (κ2) is 7.51. The average molecular weight is 348 g/mol. The molecule has 11 heteroatoms. The summed E-state index contributed by atoms with van der Waals surface area (Å²) >= 11 is 0. The Bertz CT molecular complexity index is 837. The molecular formula is C12H9N2NaO7S. The Kier molecular flexibility index (Phi) is 6.21. The van der Waals surface area contributed by atoms with Crippen molar-refractivity contribution in [2.24, 2.45) is 0 Å². The first-order chi connectivity index (χ1) is 10.3. The van der Waals surface area contributed by atoms with Gasteiger partial charge in [-0.3, -0.25) is 20.2 Å². The van der Waals surface area contributed by atoms with Gasteiger partial charge in [-0.1, -0.05) is 6.07 Å². The standard InChI is InChI=1S/C12H8N2O7S.Na.H/c15-13(16)9-4-6-11(7-5-9)21-22(19,20)12-3-1-2-10(8-12)14(17)18;;/h1-8H;;. The summed E-state index contributed by atoms with van der Waals surface area (Å²) in [6.45, 7) is 0. The molecule has 0 saturated heterocycles.